The number of hydrogen-bond acceptors (Lipinski definition) is 8. The van der Waals surface area contributed by atoms with Crippen molar-refractivity contribution in [2.24, 2.45) is 11.8 Å². The molecular weight excluding hydrogens is 596 g/mol. The number of carbonyl (C=O) groups excluding carboxylic acids is 2. The number of fused-ring (bicyclic) bond motifs is 1. The molecule has 1 aliphatic rings. The molecule has 3 N–H and O–H groups in total. The van der Waals surface area contributed by atoms with Crippen molar-refractivity contribution < 1.29 is 32.6 Å². The minimum absolute atomic E-state index is 0.0350. The summed E-state index contributed by atoms with van der Waals surface area (Å²) in [6.07, 6.45) is 0.385. The topological polar surface area (TPSA) is 138 Å². The van der Waals surface area contributed by atoms with Gasteiger partial charge in [-0.15, -0.1) is 0 Å². The van der Waals surface area contributed by atoms with Crippen molar-refractivity contribution in [1.82, 2.24) is 20.1 Å². The first-order valence-electron chi connectivity index (χ1n) is 15.7. The number of benzene rings is 2. The summed E-state index contributed by atoms with van der Waals surface area (Å²) in [7, 11) is -2.46. The number of nitrogens with zero attached hydrogens (tertiary/aromatic N) is 2. The average molecular weight is 647 g/mol. The summed E-state index contributed by atoms with van der Waals surface area (Å²) in [6, 6.07) is 13.2. The minimum atomic E-state index is -4.02. The third-order valence-corrected chi connectivity index (χ3v) is 9.65. The number of aliphatic hydroxyl groups excluding tert-OH is 1. The van der Waals surface area contributed by atoms with Crippen molar-refractivity contribution in [1.29, 1.82) is 0 Å². The third-order valence-electron chi connectivity index (χ3n) is 7.82. The fraction of sp³-hybridized carbons (Fsp3) is 0.576. The Morgan fingerprint density at radius 2 is 1.82 bits per heavy atom. The van der Waals surface area contributed by atoms with Gasteiger partial charge in [0.2, 0.25) is 15.9 Å². The van der Waals surface area contributed by atoms with Gasteiger partial charge in [0.15, 0.2) is 0 Å². The van der Waals surface area contributed by atoms with Crippen molar-refractivity contribution in [3.8, 4) is 5.75 Å². The van der Waals surface area contributed by atoms with Gasteiger partial charge in [-0.25, -0.2) is 13.4 Å². The molecule has 12 heteroatoms. The highest BCUT2D eigenvalue weighted by molar-refractivity contribution is 7.89. The summed E-state index contributed by atoms with van der Waals surface area (Å²) < 4.78 is 39.9. The molecule has 11 nitrogen and oxygen atoms in total. The van der Waals surface area contributed by atoms with Crippen LogP contribution < -0.4 is 15.5 Å². The van der Waals surface area contributed by atoms with Crippen LogP contribution in [0.25, 0.3) is 0 Å². The first-order valence-corrected chi connectivity index (χ1v) is 17.2. The van der Waals surface area contributed by atoms with Crippen LogP contribution in [-0.4, -0.2) is 93.3 Å². The van der Waals surface area contributed by atoms with Crippen molar-refractivity contribution in [2.75, 3.05) is 46.5 Å². The Balaban J connectivity index is 1.97. The molecule has 0 aromatic heterocycles. The lowest BCUT2D eigenvalue weighted by molar-refractivity contribution is -0.148. The van der Waals surface area contributed by atoms with Crippen LogP contribution in [0.3, 0.4) is 0 Å². The molecular formula is C33H50N4O7S. The zero-order valence-electron chi connectivity index (χ0n) is 27.2. The fourth-order valence-corrected chi connectivity index (χ4v) is 6.83. The van der Waals surface area contributed by atoms with Gasteiger partial charge in [-0.3, -0.25) is 15.0 Å². The first-order chi connectivity index (χ1) is 21.5. The van der Waals surface area contributed by atoms with E-state index in [-0.39, 0.29) is 55.1 Å². The van der Waals surface area contributed by atoms with Crippen LogP contribution in [0.4, 0.5) is 0 Å². The summed E-state index contributed by atoms with van der Waals surface area (Å²) >= 11 is 0. The van der Waals surface area contributed by atoms with E-state index in [9.17, 15) is 23.1 Å². The molecule has 2 aromatic carbocycles. The maximum Gasteiger partial charge on any atom is 0.252 e. The molecule has 45 heavy (non-hydrogen) atoms. The molecule has 0 fully saturated rings. The quantitative estimate of drug-likeness (QED) is 0.166. The van der Waals surface area contributed by atoms with E-state index in [1.807, 2.05) is 58.0 Å². The van der Waals surface area contributed by atoms with Crippen LogP contribution >= 0.6 is 0 Å². The van der Waals surface area contributed by atoms with Gasteiger partial charge in [0.1, 0.15) is 5.75 Å². The number of methoxy groups -OCH3 is 1. The van der Waals surface area contributed by atoms with Gasteiger partial charge in [0.05, 0.1) is 36.8 Å². The summed E-state index contributed by atoms with van der Waals surface area (Å²) in [6.45, 7) is 8.92. The molecule has 0 saturated heterocycles. The SMILES string of the molecule is CC[C@H](C)CC(=O)N(NC(=O)CNCCOC)[C@@H](Cc1ccccc1)[C@H](O)CN(CC(C)C)S(=O)(=O)c1ccc2c(c1)CCO2. The highest BCUT2D eigenvalue weighted by atomic mass is 32.2. The zero-order valence-corrected chi connectivity index (χ0v) is 28.0. The molecule has 0 aliphatic carbocycles. The van der Waals surface area contributed by atoms with Crippen molar-refractivity contribution in [3.05, 3.63) is 59.7 Å². The number of carbonyl (C=O) groups is 2. The Morgan fingerprint density at radius 1 is 1.09 bits per heavy atom. The molecule has 1 aliphatic heterocycles. The van der Waals surface area contributed by atoms with Gasteiger partial charge in [0.25, 0.3) is 5.91 Å². The lowest BCUT2D eigenvalue weighted by Gasteiger charge is -2.37. The number of hydrogen-bond donors (Lipinski definition) is 3. The van der Waals surface area contributed by atoms with E-state index in [2.05, 4.69) is 10.7 Å². The number of rotatable bonds is 18. The Hall–Kier alpha value is -3.03. The van der Waals surface area contributed by atoms with Crippen molar-refractivity contribution in [3.63, 3.8) is 0 Å². The second kappa shape index (κ2) is 17.6. The van der Waals surface area contributed by atoms with Gasteiger partial charge in [-0.2, -0.15) is 4.31 Å². The lowest BCUT2D eigenvalue weighted by atomic mass is 9.98. The smallest absolute Gasteiger partial charge is 0.252 e. The molecule has 0 spiro atoms. The number of sulfonamides is 1. The van der Waals surface area contributed by atoms with E-state index in [4.69, 9.17) is 9.47 Å². The number of aliphatic hydroxyl groups is 1. The maximum atomic E-state index is 14.0. The predicted molar refractivity (Wildman–Crippen MR) is 173 cm³/mol. The van der Waals surface area contributed by atoms with Crippen LogP contribution in [0.1, 0.15) is 51.7 Å². The molecule has 2 aromatic rings. The fourth-order valence-electron chi connectivity index (χ4n) is 5.16. The number of nitrogens with one attached hydrogen (secondary N) is 2. The standard InChI is InChI=1S/C33H50N4O7S/c1-6-25(4)18-33(40)37(35-32(39)21-34-15-17-43-5)29(19-26-10-8-7-9-11-26)30(38)23-36(22-24(2)3)45(41,42)28-12-13-31-27(20-28)14-16-44-31/h7-13,20,24-25,29-30,34,38H,6,14-19,21-23H2,1-5H3,(H,35,39)/t25-,29-,30+/m0/s1. The van der Waals surface area contributed by atoms with Gasteiger partial charge < -0.3 is 19.9 Å². The molecule has 1 heterocycles. The first kappa shape index (κ1) is 36.4. The predicted octanol–water partition coefficient (Wildman–Crippen LogP) is 2.77. The Bertz CT molecular complexity index is 1340. The van der Waals surface area contributed by atoms with E-state index >= 15 is 0 Å². The highest BCUT2D eigenvalue weighted by Gasteiger charge is 2.36. The molecule has 0 bridgehead atoms. The Morgan fingerprint density at radius 3 is 2.49 bits per heavy atom. The number of amides is 2. The highest BCUT2D eigenvalue weighted by Crippen LogP contribution is 2.29. The Labute approximate surface area is 268 Å². The second-order valence-corrected chi connectivity index (χ2v) is 14.0. The number of hydrazine groups is 1. The molecule has 0 radical (unpaired) electrons. The largest absolute Gasteiger partial charge is 0.493 e. The van der Waals surface area contributed by atoms with E-state index < -0.39 is 28.1 Å². The molecule has 3 atom stereocenters. The molecule has 3 rings (SSSR count). The van der Waals surface area contributed by atoms with E-state index in [0.717, 1.165) is 17.5 Å². The van der Waals surface area contributed by atoms with E-state index in [1.54, 1.807) is 19.2 Å². The maximum absolute atomic E-state index is 14.0. The van der Waals surface area contributed by atoms with Gasteiger partial charge in [0, 0.05) is 39.6 Å². The zero-order chi connectivity index (χ0) is 33.0. The number of ether oxygens (including phenoxy) is 2. The molecule has 0 saturated carbocycles. The summed E-state index contributed by atoms with van der Waals surface area (Å²) in [5.74, 6) is -0.145. The summed E-state index contributed by atoms with van der Waals surface area (Å²) in [5.41, 5.74) is 4.39. The van der Waals surface area contributed by atoms with Crippen LogP contribution in [-0.2, 0) is 37.2 Å². The van der Waals surface area contributed by atoms with Crippen molar-refractivity contribution >= 4 is 21.8 Å². The Kier molecular flexibility index (Phi) is 14.3. The minimum Gasteiger partial charge on any atom is -0.493 e. The molecule has 0 unspecified atom stereocenters. The van der Waals surface area contributed by atoms with Gasteiger partial charge >= 0.3 is 0 Å². The summed E-state index contributed by atoms with van der Waals surface area (Å²) in [5, 5.41) is 16.1. The van der Waals surface area contributed by atoms with Crippen LogP contribution in [0.5, 0.6) is 5.75 Å². The lowest BCUT2D eigenvalue weighted by Crippen LogP contribution is -2.60. The second-order valence-electron chi connectivity index (χ2n) is 12.1. The van der Waals surface area contributed by atoms with Gasteiger partial charge in [-0.1, -0.05) is 64.4 Å². The molecule has 250 valence electrons. The van der Waals surface area contributed by atoms with Crippen LogP contribution in [0.2, 0.25) is 0 Å². The van der Waals surface area contributed by atoms with Crippen LogP contribution in [0.15, 0.2) is 53.4 Å². The normalized spacial score (nSPS) is 14.9. The third kappa shape index (κ3) is 10.8. The monoisotopic (exact) mass is 646 g/mol. The van der Waals surface area contributed by atoms with Gasteiger partial charge in [-0.05, 0) is 47.6 Å². The molecule has 2 amide bonds. The average Bonchev–Trinajstić information content (AvgIpc) is 3.49. The van der Waals surface area contributed by atoms with E-state index in [1.165, 1.54) is 15.4 Å². The van der Waals surface area contributed by atoms with Crippen LogP contribution in [0, 0.1) is 11.8 Å². The van der Waals surface area contributed by atoms with Crippen molar-refractivity contribution in [2.45, 2.75) is 70.4 Å². The van der Waals surface area contributed by atoms with E-state index in [0.29, 0.717) is 31.9 Å². The summed E-state index contributed by atoms with van der Waals surface area (Å²) in [4.78, 5) is 26.9.